The largest absolute Gasteiger partial charge is 0.351 e. The van der Waals surface area contributed by atoms with Crippen LogP contribution in [0.15, 0.2) is 35.6 Å². The maximum absolute atomic E-state index is 12.2. The molecule has 2 aromatic heterocycles. The Morgan fingerprint density at radius 3 is 3.04 bits per heavy atom. The minimum Gasteiger partial charge on any atom is -0.351 e. The summed E-state index contributed by atoms with van der Waals surface area (Å²) in [6.45, 7) is 2.63. The van der Waals surface area contributed by atoms with Gasteiger partial charge in [-0.05, 0) is 42.9 Å². The molecule has 0 radical (unpaired) electrons. The number of thiophene rings is 1. The second-order valence-electron chi connectivity index (χ2n) is 6.21. The fraction of sp³-hybridized carbons (Fsp3) is 0.316. The number of fused-ring (bicyclic) bond motifs is 3. The lowest BCUT2D eigenvalue weighted by molar-refractivity contribution is -0.118. The summed E-state index contributed by atoms with van der Waals surface area (Å²) < 4.78 is 0. The van der Waals surface area contributed by atoms with Gasteiger partial charge in [0.25, 0.3) is 0 Å². The Labute approximate surface area is 155 Å². The summed E-state index contributed by atoms with van der Waals surface area (Å²) in [5, 5.41) is 5.12. The van der Waals surface area contributed by atoms with Crippen molar-refractivity contribution >= 4 is 39.2 Å². The molecule has 4 nitrogen and oxygen atoms in total. The first-order chi connectivity index (χ1) is 12.2. The van der Waals surface area contributed by atoms with E-state index in [0.717, 1.165) is 28.3 Å². The maximum atomic E-state index is 12.2. The van der Waals surface area contributed by atoms with Crippen molar-refractivity contribution in [1.82, 2.24) is 15.3 Å². The molecule has 1 aliphatic carbocycles. The summed E-state index contributed by atoms with van der Waals surface area (Å²) in [7, 11) is 0. The normalized spacial score (nSPS) is 13.2. The van der Waals surface area contributed by atoms with E-state index < -0.39 is 0 Å². The molecule has 1 N–H and O–H groups in total. The molecule has 4 rings (SSSR count). The summed E-state index contributed by atoms with van der Waals surface area (Å²) in [5.74, 6) is 0.412. The van der Waals surface area contributed by atoms with Crippen LogP contribution in [0.5, 0.6) is 0 Å². The molecule has 0 saturated heterocycles. The van der Waals surface area contributed by atoms with Crippen molar-refractivity contribution in [1.29, 1.82) is 0 Å². The third-order valence-corrected chi connectivity index (χ3v) is 6.73. The highest BCUT2D eigenvalue weighted by Gasteiger charge is 2.21. The summed E-state index contributed by atoms with van der Waals surface area (Å²) >= 11 is 3.29. The van der Waals surface area contributed by atoms with Crippen molar-refractivity contribution in [2.24, 2.45) is 0 Å². The molecule has 0 saturated carbocycles. The molecule has 2 heterocycles. The van der Waals surface area contributed by atoms with Crippen molar-refractivity contribution in [3.05, 3.63) is 52.2 Å². The number of aryl methyl sites for hydroxylation is 3. The minimum atomic E-state index is 0.0342. The monoisotopic (exact) mass is 369 g/mol. The van der Waals surface area contributed by atoms with Crippen LogP contribution in [-0.2, 0) is 24.2 Å². The van der Waals surface area contributed by atoms with Gasteiger partial charge in [0, 0.05) is 16.8 Å². The maximum Gasteiger partial charge on any atom is 0.230 e. The van der Waals surface area contributed by atoms with Crippen LogP contribution in [0, 0.1) is 6.92 Å². The zero-order valence-electron chi connectivity index (χ0n) is 14.0. The highest BCUT2D eigenvalue weighted by molar-refractivity contribution is 8.00. The van der Waals surface area contributed by atoms with E-state index in [4.69, 9.17) is 0 Å². The van der Waals surface area contributed by atoms with Crippen molar-refractivity contribution in [2.45, 2.75) is 37.8 Å². The molecule has 1 aliphatic rings. The number of thioether (sulfide) groups is 1. The summed E-state index contributed by atoms with van der Waals surface area (Å²) in [5.41, 5.74) is 3.76. The summed E-state index contributed by atoms with van der Waals surface area (Å²) in [6, 6.07) is 8.12. The van der Waals surface area contributed by atoms with E-state index in [1.165, 1.54) is 39.6 Å². The van der Waals surface area contributed by atoms with Crippen molar-refractivity contribution in [2.75, 3.05) is 5.75 Å². The number of rotatable bonds is 5. The lowest BCUT2D eigenvalue weighted by Gasteiger charge is -2.08. The van der Waals surface area contributed by atoms with Crippen LogP contribution >= 0.6 is 23.1 Å². The molecule has 0 unspecified atom stereocenters. The lowest BCUT2D eigenvalue weighted by atomic mass is 10.1. The van der Waals surface area contributed by atoms with E-state index in [0.29, 0.717) is 12.3 Å². The summed E-state index contributed by atoms with van der Waals surface area (Å²) in [6.07, 6.45) is 5.09. The van der Waals surface area contributed by atoms with Crippen molar-refractivity contribution in [3.8, 4) is 0 Å². The van der Waals surface area contributed by atoms with E-state index in [1.54, 1.807) is 17.7 Å². The van der Waals surface area contributed by atoms with Crippen LogP contribution in [0.1, 0.15) is 28.0 Å². The predicted octanol–water partition coefficient (Wildman–Crippen LogP) is 3.90. The molecule has 0 bridgehead atoms. The summed E-state index contributed by atoms with van der Waals surface area (Å²) in [4.78, 5) is 23.6. The first-order valence-corrected chi connectivity index (χ1v) is 10.2. The van der Waals surface area contributed by atoms with Crippen LogP contribution < -0.4 is 5.32 Å². The number of hydrogen-bond donors (Lipinski definition) is 1. The molecule has 1 aromatic carbocycles. The smallest absolute Gasteiger partial charge is 0.230 e. The Bertz CT molecular complexity index is 936. The molecule has 3 aromatic rings. The van der Waals surface area contributed by atoms with E-state index in [1.807, 2.05) is 18.2 Å². The molecule has 0 atom stereocenters. The highest BCUT2D eigenvalue weighted by atomic mass is 32.2. The molecule has 1 amide bonds. The molecule has 6 heteroatoms. The van der Waals surface area contributed by atoms with Gasteiger partial charge in [-0.25, -0.2) is 9.97 Å². The van der Waals surface area contributed by atoms with Gasteiger partial charge in [0.2, 0.25) is 5.91 Å². The molecule has 0 aliphatic heterocycles. The fourth-order valence-electron chi connectivity index (χ4n) is 3.20. The van der Waals surface area contributed by atoms with E-state index in [9.17, 15) is 4.79 Å². The van der Waals surface area contributed by atoms with Crippen LogP contribution in [-0.4, -0.2) is 21.6 Å². The average molecular weight is 370 g/mol. The Balaban J connectivity index is 1.42. The molecule has 0 spiro atoms. The number of amides is 1. The van der Waals surface area contributed by atoms with E-state index in [2.05, 4.69) is 28.3 Å². The molecule has 0 fully saturated rings. The van der Waals surface area contributed by atoms with Gasteiger partial charge in [-0.1, -0.05) is 36.0 Å². The van der Waals surface area contributed by atoms with E-state index in [-0.39, 0.29) is 5.91 Å². The van der Waals surface area contributed by atoms with Crippen LogP contribution in [0.25, 0.3) is 10.2 Å². The molecular formula is C19H19N3OS2. The first-order valence-electron chi connectivity index (χ1n) is 8.41. The van der Waals surface area contributed by atoms with Gasteiger partial charge >= 0.3 is 0 Å². The number of aromatic nitrogens is 2. The fourth-order valence-corrected chi connectivity index (χ4v) is 5.35. The van der Waals surface area contributed by atoms with Crippen LogP contribution in [0.2, 0.25) is 0 Å². The van der Waals surface area contributed by atoms with Crippen LogP contribution in [0.3, 0.4) is 0 Å². The number of nitrogens with zero attached hydrogens (tertiary/aromatic N) is 2. The zero-order chi connectivity index (χ0) is 17.2. The van der Waals surface area contributed by atoms with Gasteiger partial charge in [0.15, 0.2) is 0 Å². The average Bonchev–Trinajstić information content (AvgIpc) is 3.20. The second kappa shape index (κ2) is 7.14. The number of benzene rings is 1. The Morgan fingerprint density at radius 2 is 2.16 bits per heavy atom. The van der Waals surface area contributed by atoms with Gasteiger partial charge in [0.05, 0.1) is 5.75 Å². The Morgan fingerprint density at radius 1 is 1.28 bits per heavy atom. The first kappa shape index (κ1) is 16.5. The molecular weight excluding hydrogens is 350 g/mol. The van der Waals surface area contributed by atoms with Gasteiger partial charge in [-0.2, -0.15) is 0 Å². The number of carbonyl (C=O) groups excluding carboxylic acids is 1. The molecule has 25 heavy (non-hydrogen) atoms. The standard InChI is InChI=1S/C19H19N3OS2/c1-12-5-2-3-6-13(12)9-20-16(23)10-24-18-17-14-7-4-8-15(14)25-19(17)22-11-21-18/h2-3,5-6,11H,4,7-10H2,1H3,(H,20,23). The van der Waals surface area contributed by atoms with Crippen molar-refractivity contribution < 1.29 is 4.79 Å². The predicted molar refractivity (Wildman–Crippen MR) is 103 cm³/mol. The number of carbonyl (C=O) groups is 1. The van der Waals surface area contributed by atoms with Crippen molar-refractivity contribution in [3.63, 3.8) is 0 Å². The Hall–Kier alpha value is -1.92. The molecule has 128 valence electrons. The minimum absolute atomic E-state index is 0.0342. The van der Waals surface area contributed by atoms with Crippen LogP contribution in [0.4, 0.5) is 0 Å². The zero-order valence-corrected chi connectivity index (χ0v) is 15.7. The number of hydrogen-bond acceptors (Lipinski definition) is 5. The third-order valence-electron chi connectivity index (χ3n) is 4.54. The van der Waals surface area contributed by atoms with Gasteiger partial charge in [0.1, 0.15) is 16.2 Å². The third kappa shape index (κ3) is 3.41. The topological polar surface area (TPSA) is 54.9 Å². The lowest BCUT2D eigenvalue weighted by Crippen LogP contribution is -2.24. The van der Waals surface area contributed by atoms with E-state index >= 15 is 0 Å². The Kier molecular flexibility index (Phi) is 4.72. The van der Waals surface area contributed by atoms with Gasteiger partial charge in [-0.3, -0.25) is 4.79 Å². The highest BCUT2D eigenvalue weighted by Crippen LogP contribution is 2.39. The second-order valence-corrected chi connectivity index (χ2v) is 8.26. The van der Waals surface area contributed by atoms with Gasteiger partial charge in [-0.15, -0.1) is 11.3 Å². The van der Waals surface area contributed by atoms with Gasteiger partial charge < -0.3 is 5.32 Å². The quantitative estimate of drug-likeness (QED) is 0.547. The number of nitrogens with one attached hydrogen (secondary N) is 1. The SMILES string of the molecule is Cc1ccccc1CNC(=O)CSc1ncnc2sc3c(c12)CCC3.